The molecule has 31 heavy (non-hydrogen) atoms. The number of rotatable bonds is 7. The Kier molecular flexibility index (Phi) is 8.03. The number of anilines is 1. The highest BCUT2D eigenvalue weighted by Crippen LogP contribution is 2.35. The highest BCUT2D eigenvalue weighted by Gasteiger charge is 2.20. The van der Waals surface area contributed by atoms with E-state index in [0.717, 1.165) is 28.2 Å². The molecule has 3 aromatic carbocycles. The molecule has 0 radical (unpaired) electrons. The van der Waals surface area contributed by atoms with Crippen LogP contribution in [0.25, 0.3) is 0 Å². The van der Waals surface area contributed by atoms with E-state index < -0.39 is 5.92 Å². The summed E-state index contributed by atoms with van der Waals surface area (Å²) >= 11 is 14.2. The van der Waals surface area contributed by atoms with Crippen LogP contribution in [-0.4, -0.2) is 11.7 Å². The van der Waals surface area contributed by atoms with E-state index >= 15 is 0 Å². The Bertz CT molecular complexity index is 1120. The van der Waals surface area contributed by atoms with Crippen LogP contribution in [0.15, 0.2) is 65.6 Å². The van der Waals surface area contributed by atoms with Crippen molar-refractivity contribution in [3.8, 4) is 6.07 Å². The zero-order valence-corrected chi connectivity index (χ0v) is 19.6. The van der Waals surface area contributed by atoms with Gasteiger partial charge in [-0.3, -0.25) is 4.79 Å². The molecule has 0 heterocycles. The van der Waals surface area contributed by atoms with E-state index in [9.17, 15) is 10.1 Å². The molecule has 0 saturated carbocycles. The van der Waals surface area contributed by atoms with Crippen molar-refractivity contribution in [1.29, 1.82) is 5.26 Å². The van der Waals surface area contributed by atoms with E-state index in [1.807, 2.05) is 49.4 Å². The summed E-state index contributed by atoms with van der Waals surface area (Å²) in [7, 11) is 0. The Balaban J connectivity index is 1.88. The van der Waals surface area contributed by atoms with Crippen LogP contribution in [0.4, 0.5) is 5.69 Å². The average Bonchev–Trinajstić information content (AvgIpc) is 2.77. The minimum absolute atomic E-state index is 0.180. The van der Waals surface area contributed by atoms with Crippen molar-refractivity contribution in [3.05, 3.63) is 93.0 Å². The van der Waals surface area contributed by atoms with Gasteiger partial charge < -0.3 is 5.32 Å². The van der Waals surface area contributed by atoms with Crippen LogP contribution in [0, 0.1) is 18.3 Å². The van der Waals surface area contributed by atoms with E-state index in [4.69, 9.17) is 23.2 Å². The van der Waals surface area contributed by atoms with Crippen molar-refractivity contribution in [3.63, 3.8) is 0 Å². The first-order valence-corrected chi connectivity index (χ1v) is 11.7. The van der Waals surface area contributed by atoms with Crippen molar-refractivity contribution in [2.45, 2.75) is 31.1 Å². The van der Waals surface area contributed by atoms with Crippen LogP contribution in [-0.2, 0) is 0 Å². The molecule has 1 N–H and O–H groups in total. The second-order valence-corrected chi connectivity index (χ2v) is 9.08. The average molecular weight is 469 g/mol. The van der Waals surface area contributed by atoms with Crippen molar-refractivity contribution in [2.24, 2.45) is 0 Å². The standard InChI is InChI=1S/C25H22Cl2N2OS/c1-3-12-31-24-7-5-4-6-19(24)25(30)29-23-14-22(27)20(13-16(23)2)21(15-28)17-8-10-18(26)11-9-17/h4-11,13-14,21H,3,12H2,1-2H3,(H,29,30). The second-order valence-electron chi connectivity index (χ2n) is 7.10. The van der Waals surface area contributed by atoms with Crippen LogP contribution >= 0.6 is 35.0 Å². The number of carbonyl (C=O) groups is 1. The third-order valence-corrected chi connectivity index (χ3v) is 6.69. The number of amides is 1. The molecule has 0 spiro atoms. The zero-order chi connectivity index (χ0) is 22.4. The van der Waals surface area contributed by atoms with Gasteiger partial charge in [0.15, 0.2) is 0 Å². The van der Waals surface area contributed by atoms with Gasteiger partial charge in [-0.05, 0) is 66.1 Å². The van der Waals surface area contributed by atoms with Gasteiger partial charge in [0.1, 0.15) is 0 Å². The second kappa shape index (κ2) is 10.7. The summed E-state index contributed by atoms with van der Waals surface area (Å²) in [5, 5.41) is 13.8. The number of nitrogens with zero attached hydrogens (tertiary/aromatic N) is 1. The summed E-state index contributed by atoms with van der Waals surface area (Å²) in [4.78, 5) is 13.9. The lowest BCUT2D eigenvalue weighted by atomic mass is 9.91. The van der Waals surface area contributed by atoms with Crippen molar-refractivity contribution in [2.75, 3.05) is 11.1 Å². The molecule has 0 aliphatic heterocycles. The quantitative estimate of drug-likeness (QED) is 0.361. The number of benzene rings is 3. The summed E-state index contributed by atoms with van der Waals surface area (Å²) in [6.07, 6.45) is 1.03. The lowest BCUT2D eigenvalue weighted by molar-refractivity contribution is 0.102. The number of carbonyl (C=O) groups excluding carboxylic acids is 1. The SMILES string of the molecule is CCCSc1ccccc1C(=O)Nc1cc(Cl)c(C(C#N)c2ccc(Cl)cc2)cc1C. The molecular weight excluding hydrogens is 447 g/mol. The number of hydrogen-bond acceptors (Lipinski definition) is 3. The summed E-state index contributed by atoms with van der Waals surface area (Å²) in [5.74, 6) is 0.240. The fraction of sp³-hybridized carbons (Fsp3) is 0.200. The molecule has 0 fully saturated rings. The van der Waals surface area contributed by atoms with Gasteiger partial charge in [-0.2, -0.15) is 5.26 Å². The van der Waals surface area contributed by atoms with Crippen molar-refractivity contribution in [1.82, 2.24) is 0 Å². The lowest BCUT2D eigenvalue weighted by Gasteiger charge is -2.17. The van der Waals surface area contributed by atoms with E-state index in [2.05, 4.69) is 18.3 Å². The summed E-state index contributed by atoms with van der Waals surface area (Å²) in [6.45, 7) is 4.00. The first kappa shape index (κ1) is 23.2. The van der Waals surface area contributed by atoms with Gasteiger partial charge >= 0.3 is 0 Å². The molecule has 0 bridgehead atoms. The smallest absolute Gasteiger partial charge is 0.256 e. The molecule has 3 nitrogen and oxygen atoms in total. The minimum Gasteiger partial charge on any atom is -0.322 e. The summed E-state index contributed by atoms with van der Waals surface area (Å²) in [6, 6.07) is 20.6. The van der Waals surface area contributed by atoms with E-state index in [0.29, 0.717) is 26.9 Å². The first-order chi connectivity index (χ1) is 14.9. The van der Waals surface area contributed by atoms with Gasteiger partial charge in [-0.15, -0.1) is 11.8 Å². The van der Waals surface area contributed by atoms with Crippen molar-refractivity contribution >= 4 is 46.6 Å². The van der Waals surface area contributed by atoms with Gasteiger partial charge in [0, 0.05) is 20.6 Å². The number of hydrogen-bond donors (Lipinski definition) is 1. The Morgan fingerprint density at radius 3 is 2.52 bits per heavy atom. The number of nitriles is 1. The molecule has 0 aliphatic carbocycles. The molecule has 6 heteroatoms. The molecule has 0 aliphatic rings. The molecule has 1 amide bonds. The Labute approximate surface area is 197 Å². The summed E-state index contributed by atoms with van der Waals surface area (Å²) in [5.41, 5.74) is 3.60. The maximum Gasteiger partial charge on any atom is 0.256 e. The van der Waals surface area contributed by atoms with Gasteiger partial charge in [0.05, 0.1) is 17.6 Å². The number of nitrogens with one attached hydrogen (secondary N) is 1. The van der Waals surface area contributed by atoms with Gasteiger partial charge in [0.25, 0.3) is 5.91 Å². The zero-order valence-electron chi connectivity index (χ0n) is 17.3. The fourth-order valence-electron chi connectivity index (χ4n) is 3.22. The fourth-order valence-corrected chi connectivity index (χ4v) is 4.53. The largest absolute Gasteiger partial charge is 0.322 e. The third-order valence-electron chi connectivity index (χ3n) is 4.83. The monoisotopic (exact) mass is 468 g/mol. The van der Waals surface area contributed by atoms with E-state index in [-0.39, 0.29) is 5.91 Å². The lowest BCUT2D eigenvalue weighted by Crippen LogP contribution is -2.14. The van der Waals surface area contributed by atoms with E-state index in [1.165, 1.54) is 0 Å². The van der Waals surface area contributed by atoms with Gasteiger partial charge in [0.2, 0.25) is 0 Å². The number of halogens is 2. The Morgan fingerprint density at radius 2 is 1.84 bits per heavy atom. The molecule has 158 valence electrons. The maximum atomic E-state index is 13.0. The third kappa shape index (κ3) is 5.62. The predicted octanol–water partition coefficient (Wildman–Crippen LogP) is 7.71. The number of aryl methyl sites for hydroxylation is 1. The molecule has 3 rings (SSSR count). The van der Waals surface area contributed by atoms with Crippen LogP contribution in [0.3, 0.4) is 0 Å². The first-order valence-electron chi connectivity index (χ1n) is 9.93. The topological polar surface area (TPSA) is 52.9 Å². The van der Waals surface area contributed by atoms with Crippen LogP contribution in [0.1, 0.15) is 46.3 Å². The van der Waals surface area contributed by atoms with Crippen LogP contribution in [0.5, 0.6) is 0 Å². The molecule has 0 saturated heterocycles. The van der Waals surface area contributed by atoms with Gasteiger partial charge in [-0.1, -0.05) is 60.5 Å². The highest BCUT2D eigenvalue weighted by atomic mass is 35.5. The van der Waals surface area contributed by atoms with Crippen molar-refractivity contribution < 1.29 is 4.79 Å². The summed E-state index contributed by atoms with van der Waals surface area (Å²) < 4.78 is 0. The van der Waals surface area contributed by atoms with Crippen LogP contribution < -0.4 is 5.32 Å². The minimum atomic E-state index is -0.528. The Morgan fingerprint density at radius 1 is 1.13 bits per heavy atom. The van der Waals surface area contributed by atoms with E-state index in [1.54, 1.807) is 30.0 Å². The highest BCUT2D eigenvalue weighted by molar-refractivity contribution is 7.99. The van der Waals surface area contributed by atoms with Gasteiger partial charge in [-0.25, -0.2) is 0 Å². The Hall–Kier alpha value is -2.45. The molecule has 1 atom stereocenters. The predicted molar refractivity (Wildman–Crippen MR) is 131 cm³/mol. The normalized spacial score (nSPS) is 11.6. The number of thioether (sulfide) groups is 1. The van der Waals surface area contributed by atoms with Crippen LogP contribution in [0.2, 0.25) is 10.0 Å². The molecular formula is C25H22Cl2N2OS. The molecule has 0 aromatic heterocycles. The molecule has 1 unspecified atom stereocenters. The molecule has 3 aromatic rings. The maximum absolute atomic E-state index is 13.0.